The molecule has 1 unspecified atom stereocenters. The molecule has 0 aromatic carbocycles. The van der Waals surface area contributed by atoms with Crippen LogP contribution in [0.3, 0.4) is 0 Å². The Kier molecular flexibility index (Phi) is 8.72. The van der Waals surface area contributed by atoms with Crippen LogP contribution in [0.15, 0.2) is 17.9 Å². The van der Waals surface area contributed by atoms with E-state index in [1.807, 2.05) is 6.92 Å². The molecule has 1 nitrogen and oxygen atoms in total. The molecular weight excluding hydrogens is 172 g/mol. The van der Waals surface area contributed by atoms with Gasteiger partial charge in [0.05, 0.1) is 6.10 Å². The Morgan fingerprint density at radius 2 is 1.79 bits per heavy atom. The molecule has 0 rings (SSSR count). The molecule has 1 N–H and O–H groups in total. The molecule has 0 saturated heterocycles. The van der Waals surface area contributed by atoms with Gasteiger partial charge in [0.2, 0.25) is 0 Å². The number of unbranched alkanes of at least 4 members (excludes halogenated alkanes) is 5. The Morgan fingerprint density at radius 3 is 2.36 bits per heavy atom. The van der Waals surface area contributed by atoms with Gasteiger partial charge >= 0.3 is 0 Å². The van der Waals surface area contributed by atoms with Crippen LogP contribution in [0, 0.1) is 0 Å². The van der Waals surface area contributed by atoms with Gasteiger partial charge < -0.3 is 5.11 Å². The quantitative estimate of drug-likeness (QED) is 0.462. The van der Waals surface area contributed by atoms with Crippen molar-refractivity contribution in [3.8, 4) is 0 Å². The number of aliphatic hydroxyl groups is 1. The fourth-order valence-electron chi connectivity index (χ4n) is 1.45. The molecule has 0 radical (unpaired) electrons. The lowest BCUT2D eigenvalue weighted by Gasteiger charge is -2.08. The first-order chi connectivity index (χ1) is 6.72. The van der Waals surface area contributed by atoms with E-state index in [9.17, 15) is 5.11 Å². The first-order valence-corrected chi connectivity index (χ1v) is 5.77. The molecule has 1 atom stereocenters. The van der Waals surface area contributed by atoms with Crippen LogP contribution in [-0.2, 0) is 0 Å². The summed E-state index contributed by atoms with van der Waals surface area (Å²) in [5.41, 5.74) is 3.62. The Bertz CT molecular complexity index is 178. The van der Waals surface area contributed by atoms with Crippen molar-refractivity contribution in [2.45, 2.75) is 64.9 Å². The lowest BCUT2D eigenvalue weighted by Crippen LogP contribution is -2.06. The number of rotatable bonds is 8. The maximum absolute atomic E-state index is 9.58. The van der Waals surface area contributed by atoms with Gasteiger partial charge in [0.1, 0.15) is 0 Å². The predicted molar refractivity (Wildman–Crippen MR) is 62.3 cm³/mol. The summed E-state index contributed by atoms with van der Waals surface area (Å²) in [5, 5.41) is 9.58. The van der Waals surface area contributed by atoms with E-state index >= 15 is 0 Å². The first-order valence-electron chi connectivity index (χ1n) is 5.77. The second-order valence-corrected chi connectivity index (χ2v) is 3.93. The highest BCUT2D eigenvalue weighted by Gasteiger charge is 2.04. The van der Waals surface area contributed by atoms with Crippen LogP contribution >= 0.6 is 0 Å². The Morgan fingerprint density at radius 1 is 1.21 bits per heavy atom. The van der Waals surface area contributed by atoms with E-state index in [4.69, 9.17) is 0 Å². The van der Waals surface area contributed by atoms with Gasteiger partial charge in [0.25, 0.3) is 0 Å². The molecule has 0 saturated carbocycles. The normalized spacial score (nSPS) is 12.2. The fourth-order valence-corrected chi connectivity index (χ4v) is 1.45. The molecule has 14 heavy (non-hydrogen) atoms. The van der Waals surface area contributed by atoms with Crippen LogP contribution in [-0.4, -0.2) is 11.2 Å². The second kappa shape index (κ2) is 9.05. The van der Waals surface area contributed by atoms with Gasteiger partial charge in [-0.05, 0) is 18.9 Å². The Hall–Kier alpha value is -0.520. The molecule has 0 aliphatic rings. The maximum atomic E-state index is 9.58. The van der Waals surface area contributed by atoms with E-state index in [0.717, 1.165) is 18.4 Å². The molecule has 0 heterocycles. The van der Waals surface area contributed by atoms with Gasteiger partial charge in [-0.2, -0.15) is 0 Å². The standard InChI is InChI=1S/C13H24O/c1-4-6-7-8-9-10-11-13(14)12(3)5-2/h13-14H,2,4,6-11H2,1,3H3. The van der Waals surface area contributed by atoms with E-state index in [2.05, 4.69) is 19.2 Å². The highest BCUT2D eigenvalue weighted by molar-refractivity contribution is 5.00. The van der Waals surface area contributed by atoms with Crippen molar-refractivity contribution in [2.24, 2.45) is 0 Å². The van der Waals surface area contributed by atoms with Crippen LogP contribution < -0.4 is 0 Å². The average Bonchev–Trinajstić information content (AvgIpc) is 2.21. The summed E-state index contributed by atoms with van der Waals surface area (Å²) < 4.78 is 0. The zero-order valence-electron chi connectivity index (χ0n) is 9.68. The van der Waals surface area contributed by atoms with Gasteiger partial charge in [-0.3, -0.25) is 0 Å². The van der Waals surface area contributed by atoms with Crippen molar-refractivity contribution in [1.29, 1.82) is 0 Å². The van der Waals surface area contributed by atoms with E-state index < -0.39 is 0 Å². The molecule has 1 heteroatoms. The van der Waals surface area contributed by atoms with E-state index in [1.54, 1.807) is 0 Å². The van der Waals surface area contributed by atoms with Crippen molar-refractivity contribution in [3.63, 3.8) is 0 Å². The number of hydrogen-bond donors (Lipinski definition) is 1. The maximum Gasteiger partial charge on any atom is 0.0820 e. The van der Waals surface area contributed by atoms with Crippen molar-refractivity contribution in [3.05, 3.63) is 17.9 Å². The average molecular weight is 196 g/mol. The molecule has 0 spiro atoms. The fraction of sp³-hybridized carbons (Fsp3) is 0.769. The minimum Gasteiger partial charge on any atom is -0.388 e. The lowest BCUT2D eigenvalue weighted by molar-refractivity contribution is 0.196. The smallest absolute Gasteiger partial charge is 0.0820 e. The van der Waals surface area contributed by atoms with Crippen molar-refractivity contribution in [1.82, 2.24) is 0 Å². The lowest BCUT2D eigenvalue weighted by atomic mass is 10.0. The van der Waals surface area contributed by atoms with Crippen LogP contribution in [0.5, 0.6) is 0 Å². The molecule has 0 aliphatic carbocycles. The van der Waals surface area contributed by atoms with Crippen LogP contribution in [0.4, 0.5) is 0 Å². The third-order valence-electron chi connectivity index (χ3n) is 2.61. The molecule has 82 valence electrons. The van der Waals surface area contributed by atoms with Gasteiger partial charge in [-0.1, -0.05) is 52.0 Å². The van der Waals surface area contributed by atoms with Gasteiger partial charge in [-0.15, -0.1) is 5.73 Å². The summed E-state index contributed by atoms with van der Waals surface area (Å²) in [6.07, 6.45) is 8.17. The predicted octanol–water partition coefficient (Wildman–Crippen LogP) is 3.83. The van der Waals surface area contributed by atoms with Crippen LogP contribution in [0.25, 0.3) is 0 Å². The highest BCUT2D eigenvalue weighted by Crippen LogP contribution is 2.11. The molecule has 0 amide bonds. The van der Waals surface area contributed by atoms with E-state index in [-0.39, 0.29) is 6.10 Å². The Balaban J connectivity index is 3.32. The monoisotopic (exact) mass is 196 g/mol. The summed E-state index contributed by atoms with van der Waals surface area (Å²) in [6, 6.07) is 0. The Labute approximate surface area is 88.5 Å². The molecule has 0 fully saturated rings. The molecule has 0 aromatic heterocycles. The molecule has 0 bridgehead atoms. The molecule has 0 aromatic rings. The van der Waals surface area contributed by atoms with E-state index in [1.165, 1.54) is 32.1 Å². The van der Waals surface area contributed by atoms with E-state index in [0.29, 0.717) is 0 Å². The summed E-state index contributed by atoms with van der Waals surface area (Å²) in [4.78, 5) is 0. The summed E-state index contributed by atoms with van der Waals surface area (Å²) in [6.45, 7) is 7.64. The first kappa shape index (κ1) is 13.5. The van der Waals surface area contributed by atoms with Crippen LogP contribution in [0.1, 0.15) is 58.8 Å². The minimum absolute atomic E-state index is 0.321. The third kappa shape index (κ3) is 6.94. The zero-order valence-corrected chi connectivity index (χ0v) is 9.68. The summed E-state index contributed by atoms with van der Waals surface area (Å²) >= 11 is 0. The zero-order chi connectivity index (χ0) is 10.8. The van der Waals surface area contributed by atoms with Gasteiger partial charge in [0.15, 0.2) is 0 Å². The number of aliphatic hydroxyl groups excluding tert-OH is 1. The summed E-state index contributed by atoms with van der Waals surface area (Å²) in [7, 11) is 0. The van der Waals surface area contributed by atoms with Crippen molar-refractivity contribution in [2.75, 3.05) is 0 Å². The number of hydrogen-bond acceptors (Lipinski definition) is 1. The largest absolute Gasteiger partial charge is 0.388 e. The van der Waals surface area contributed by atoms with Crippen molar-refractivity contribution < 1.29 is 5.11 Å². The van der Waals surface area contributed by atoms with Gasteiger partial charge in [0, 0.05) is 0 Å². The highest BCUT2D eigenvalue weighted by atomic mass is 16.3. The molecular formula is C13H24O. The van der Waals surface area contributed by atoms with Gasteiger partial charge in [-0.25, -0.2) is 0 Å². The topological polar surface area (TPSA) is 20.2 Å². The summed E-state index contributed by atoms with van der Waals surface area (Å²) in [5.74, 6) is 0. The molecule has 0 aliphatic heterocycles. The van der Waals surface area contributed by atoms with Crippen LogP contribution in [0.2, 0.25) is 0 Å². The van der Waals surface area contributed by atoms with Crippen molar-refractivity contribution >= 4 is 0 Å². The third-order valence-corrected chi connectivity index (χ3v) is 2.61. The minimum atomic E-state index is -0.321. The second-order valence-electron chi connectivity index (χ2n) is 3.93. The SMILES string of the molecule is C=C=C(C)C(O)CCCCCCCC.